The van der Waals surface area contributed by atoms with Crippen molar-refractivity contribution < 1.29 is 19.1 Å². The van der Waals surface area contributed by atoms with E-state index >= 15 is 0 Å². The number of carbonyl (C=O) groups excluding carboxylic acids is 2. The smallest absolute Gasteiger partial charge is 0.323 e. The van der Waals surface area contributed by atoms with Crippen molar-refractivity contribution in [2.45, 2.75) is 40.5 Å². The zero-order valence-corrected chi connectivity index (χ0v) is 12.8. The van der Waals surface area contributed by atoms with Gasteiger partial charge in [-0.1, -0.05) is 23.8 Å². The zero-order valence-electron chi connectivity index (χ0n) is 12.8. The minimum absolute atomic E-state index is 0.0961. The largest absolute Gasteiger partial charge is 0.465 e. The molecule has 0 aliphatic heterocycles. The number of carbonyl (C=O) groups is 2. The first-order valence-corrected chi connectivity index (χ1v) is 7.18. The van der Waals surface area contributed by atoms with Gasteiger partial charge < -0.3 is 9.47 Å². The molecule has 1 fully saturated rings. The van der Waals surface area contributed by atoms with Crippen LogP contribution in [0.25, 0.3) is 0 Å². The molecule has 4 nitrogen and oxygen atoms in total. The van der Waals surface area contributed by atoms with E-state index in [0.29, 0.717) is 12.8 Å². The fraction of sp³-hybridized carbons (Fsp3) is 0.625. The molecular formula is C16H24O4. The number of rotatable bonds is 5. The average molecular weight is 280 g/mol. The Morgan fingerprint density at radius 1 is 1.20 bits per heavy atom. The Kier molecular flexibility index (Phi) is 5.99. The van der Waals surface area contributed by atoms with Crippen molar-refractivity contribution >= 4 is 11.9 Å². The van der Waals surface area contributed by atoms with Crippen LogP contribution in [0.2, 0.25) is 0 Å². The highest BCUT2D eigenvalue weighted by Crippen LogP contribution is 2.47. The molecule has 0 bridgehead atoms. The molecule has 112 valence electrons. The maximum Gasteiger partial charge on any atom is 0.323 e. The van der Waals surface area contributed by atoms with E-state index in [-0.39, 0.29) is 19.1 Å². The Morgan fingerprint density at radius 3 is 2.15 bits per heavy atom. The van der Waals surface area contributed by atoms with E-state index in [4.69, 9.17) is 9.47 Å². The molecule has 0 spiro atoms. The van der Waals surface area contributed by atoms with Gasteiger partial charge in [0.1, 0.15) is 0 Å². The summed E-state index contributed by atoms with van der Waals surface area (Å²) in [7, 11) is 0. The summed E-state index contributed by atoms with van der Waals surface area (Å²) < 4.78 is 10.2. The van der Waals surface area contributed by atoms with E-state index < -0.39 is 17.4 Å². The zero-order chi connectivity index (χ0) is 15.2. The van der Waals surface area contributed by atoms with Gasteiger partial charge in [0, 0.05) is 0 Å². The molecule has 1 unspecified atom stereocenters. The predicted molar refractivity (Wildman–Crippen MR) is 77.0 cm³/mol. The van der Waals surface area contributed by atoms with Crippen LogP contribution >= 0.6 is 0 Å². The van der Waals surface area contributed by atoms with E-state index in [1.54, 1.807) is 13.8 Å². The third kappa shape index (κ3) is 3.11. The predicted octanol–water partition coefficient (Wildman–Crippen LogP) is 3.03. The Hall–Kier alpha value is -1.58. The summed E-state index contributed by atoms with van der Waals surface area (Å²) in [5, 5.41) is 0. The molecule has 1 aliphatic rings. The third-order valence-corrected chi connectivity index (χ3v) is 3.68. The fourth-order valence-corrected chi connectivity index (χ4v) is 2.73. The molecule has 0 heterocycles. The van der Waals surface area contributed by atoms with Crippen LogP contribution in [0.15, 0.2) is 23.8 Å². The van der Waals surface area contributed by atoms with Crippen LogP contribution in [0.4, 0.5) is 0 Å². The lowest BCUT2D eigenvalue weighted by atomic mass is 9.85. The molecule has 4 heteroatoms. The minimum atomic E-state index is -1.18. The SMILES string of the molecule is C/C=C/C1CC(C(=O)OCC)(C(=O)OCC)C/C1=C\C. The molecule has 0 aromatic rings. The van der Waals surface area contributed by atoms with Gasteiger partial charge in [-0.2, -0.15) is 0 Å². The molecule has 1 aliphatic carbocycles. The van der Waals surface area contributed by atoms with Crippen molar-refractivity contribution in [3.05, 3.63) is 23.8 Å². The molecule has 0 N–H and O–H groups in total. The molecule has 0 aromatic carbocycles. The molecular weight excluding hydrogens is 256 g/mol. The first-order valence-electron chi connectivity index (χ1n) is 7.18. The Balaban J connectivity index is 3.14. The minimum Gasteiger partial charge on any atom is -0.465 e. The van der Waals surface area contributed by atoms with Gasteiger partial charge in [-0.15, -0.1) is 0 Å². The number of esters is 2. The number of hydrogen-bond acceptors (Lipinski definition) is 4. The maximum atomic E-state index is 12.3. The van der Waals surface area contributed by atoms with Crippen LogP contribution < -0.4 is 0 Å². The van der Waals surface area contributed by atoms with Crippen LogP contribution in [0.5, 0.6) is 0 Å². The van der Waals surface area contributed by atoms with Gasteiger partial charge in [0.25, 0.3) is 0 Å². The second-order valence-corrected chi connectivity index (χ2v) is 4.90. The second-order valence-electron chi connectivity index (χ2n) is 4.90. The summed E-state index contributed by atoms with van der Waals surface area (Å²) in [5.41, 5.74) is -0.0953. The Labute approximate surface area is 120 Å². The van der Waals surface area contributed by atoms with Crippen LogP contribution in [-0.4, -0.2) is 25.2 Å². The van der Waals surface area contributed by atoms with E-state index in [2.05, 4.69) is 0 Å². The molecule has 1 rings (SSSR count). The number of ether oxygens (including phenoxy) is 2. The van der Waals surface area contributed by atoms with Gasteiger partial charge in [0.15, 0.2) is 5.41 Å². The number of hydrogen-bond donors (Lipinski definition) is 0. The summed E-state index contributed by atoms with van der Waals surface area (Å²) in [4.78, 5) is 24.6. The van der Waals surface area contributed by atoms with Crippen LogP contribution in [0.1, 0.15) is 40.5 Å². The van der Waals surface area contributed by atoms with Gasteiger partial charge in [-0.25, -0.2) is 0 Å². The topological polar surface area (TPSA) is 52.6 Å². The van der Waals surface area contributed by atoms with Crippen molar-refractivity contribution in [2.75, 3.05) is 13.2 Å². The van der Waals surface area contributed by atoms with Crippen LogP contribution in [0, 0.1) is 11.3 Å². The lowest BCUT2D eigenvalue weighted by molar-refractivity contribution is -0.171. The quantitative estimate of drug-likeness (QED) is 0.441. The fourth-order valence-electron chi connectivity index (χ4n) is 2.73. The van der Waals surface area contributed by atoms with Gasteiger partial charge in [-0.05, 0) is 46.5 Å². The van der Waals surface area contributed by atoms with Crippen LogP contribution in [0.3, 0.4) is 0 Å². The summed E-state index contributed by atoms with van der Waals surface area (Å²) in [6, 6.07) is 0. The summed E-state index contributed by atoms with van der Waals surface area (Å²) in [6.45, 7) is 7.87. The summed E-state index contributed by atoms with van der Waals surface area (Å²) in [6.07, 6.45) is 6.76. The van der Waals surface area contributed by atoms with E-state index in [1.165, 1.54) is 0 Å². The van der Waals surface area contributed by atoms with Gasteiger partial charge >= 0.3 is 11.9 Å². The maximum absolute atomic E-state index is 12.3. The van der Waals surface area contributed by atoms with E-state index in [1.807, 2.05) is 32.1 Å². The molecule has 20 heavy (non-hydrogen) atoms. The average Bonchev–Trinajstić information content (AvgIpc) is 2.80. The van der Waals surface area contributed by atoms with E-state index in [9.17, 15) is 9.59 Å². The highest BCUT2D eigenvalue weighted by Gasteiger charge is 2.55. The van der Waals surface area contributed by atoms with E-state index in [0.717, 1.165) is 5.57 Å². The molecule has 1 atom stereocenters. The highest BCUT2D eigenvalue weighted by atomic mass is 16.6. The van der Waals surface area contributed by atoms with Gasteiger partial charge in [-0.3, -0.25) is 9.59 Å². The normalized spacial score (nSPS) is 23.2. The molecule has 0 amide bonds. The lowest BCUT2D eigenvalue weighted by Gasteiger charge is -2.24. The van der Waals surface area contributed by atoms with Crippen molar-refractivity contribution in [3.63, 3.8) is 0 Å². The first kappa shape index (κ1) is 16.5. The second kappa shape index (κ2) is 7.27. The van der Waals surface area contributed by atoms with Gasteiger partial charge in [0.2, 0.25) is 0 Å². The summed E-state index contributed by atoms with van der Waals surface area (Å²) >= 11 is 0. The Bertz CT molecular complexity index is 402. The third-order valence-electron chi connectivity index (χ3n) is 3.68. The molecule has 0 radical (unpaired) electrons. The first-order chi connectivity index (χ1) is 9.55. The molecule has 0 aromatic heterocycles. The highest BCUT2D eigenvalue weighted by molar-refractivity contribution is 6.01. The lowest BCUT2D eigenvalue weighted by Crippen LogP contribution is -2.40. The van der Waals surface area contributed by atoms with Crippen molar-refractivity contribution in [3.8, 4) is 0 Å². The Morgan fingerprint density at radius 2 is 1.75 bits per heavy atom. The van der Waals surface area contributed by atoms with Gasteiger partial charge in [0.05, 0.1) is 13.2 Å². The van der Waals surface area contributed by atoms with Crippen molar-refractivity contribution in [1.82, 2.24) is 0 Å². The number of allylic oxidation sites excluding steroid dienone is 4. The van der Waals surface area contributed by atoms with Crippen molar-refractivity contribution in [1.29, 1.82) is 0 Å². The summed E-state index contributed by atoms with van der Waals surface area (Å²) in [5.74, 6) is -0.839. The van der Waals surface area contributed by atoms with Crippen molar-refractivity contribution in [2.24, 2.45) is 11.3 Å². The molecule has 1 saturated carbocycles. The monoisotopic (exact) mass is 280 g/mol. The van der Waals surface area contributed by atoms with Crippen LogP contribution in [-0.2, 0) is 19.1 Å². The molecule has 0 saturated heterocycles. The standard InChI is InChI=1S/C16H24O4/c1-5-9-13-11-16(10-12(13)6-2,14(17)19-7-3)15(18)20-8-4/h5-6,9,13H,7-8,10-11H2,1-4H3/b9-5+,12-6+.